The summed E-state index contributed by atoms with van der Waals surface area (Å²) in [7, 11) is 1.60. The van der Waals surface area contributed by atoms with Crippen LogP contribution in [0, 0.1) is 11.8 Å². The van der Waals surface area contributed by atoms with Gasteiger partial charge in [-0.25, -0.2) is 0 Å². The first kappa shape index (κ1) is 28.6. The van der Waals surface area contributed by atoms with Crippen molar-refractivity contribution < 1.29 is 17.9 Å². The van der Waals surface area contributed by atoms with Crippen LogP contribution in [0.25, 0.3) is 10.9 Å². The Morgan fingerprint density at radius 1 is 1.05 bits per heavy atom. The van der Waals surface area contributed by atoms with Crippen molar-refractivity contribution in [2.75, 3.05) is 30.5 Å². The molecule has 0 aliphatic heterocycles. The predicted octanol–water partition coefficient (Wildman–Crippen LogP) is 8.17. The van der Waals surface area contributed by atoms with Crippen LogP contribution >= 0.6 is 11.8 Å². The van der Waals surface area contributed by atoms with Gasteiger partial charge in [0, 0.05) is 22.0 Å². The zero-order valence-electron chi connectivity index (χ0n) is 22.0. The third kappa shape index (κ3) is 8.03. The zero-order valence-corrected chi connectivity index (χ0v) is 22.8. The molecule has 1 heterocycles. The Morgan fingerprint density at radius 2 is 1.86 bits per heavy atom. The summed E-state index contributed by atoms with van der Waals surface area (Å²) in [5.74, 6) is 6.66. The number of ether oxygens (including phenoxy) is 1. The summed E-state index contributed by atoms with van der Waals surface area (Å²) in [5.41, 5.74) is 2.51. The minimum Gasteiger partial charge on any atom is -0.495 e. The first-order valence-electron chi connectivity index (χ1n) is 12.7. The Morgan fingerprint density at radius 3 is 2.54 bits per heavy atom. The predicted molar refractivity (Wildman–Crippen MR) is 150 cm³/mol. The molecule has 4 nitrogen and oxygen atoms in total. The van der Waals surface area contributed by atoms with Crippen molar-refractivity contribution in [3.05, 3.63) is 48.2 Å². The average Bonchev–Trinajstić information content (AvgIpc) is 3.21. The van der Waals surface area contributed by atoms with Gasteiger partial charge in [0.15, 0.2) is 0 Å². The molecule has 0 spiro atoms. The lowest BCUT2D eigenvalue weighted by Gasteiger charge is -2.20. The molecule has 37 heavy (non-hydrogen) atoms. The Balaban J connectivity index is 1.90. The van der Waals surface area contributed by atoms with E-state index in [4.69, 9.17) is 4.74 Å². The van der Waals surface area contributed by atoms with Crippen molar-refractivity contribution in [1.29, 1.82) is 0 Å². The number of halogens is 3. The Labute approximate surface area is 222 Å². The molecule has 0 saturated carbocycles. The summed E-state index contributed by atoms with van der Waals surface area (Å²) >= 11 is 1.62. The lowest BCUT2D eigenvalue weighted by atomic mass is 10.0. The average molecular weight is 532 g/mol. The van der Waals surface area contributed by atoms with Crippen LogP contribution in [-0.2, 0) is 6.54 Å². The van der Waals surface area contributed by atoms with Gasteiger partial charge in [0.2, 0.25) is 0 Å². The summed E-state index contributed by atoms with van der Waals surface area (Å²) in [5, 5.41) is 7.57. The van der Waals surface area contributed by atoms with Gasteiger partial charge in [-0.1, -0.05) is 45.1 Å². The largest absolute Gasteiger partial charge is 0.495 e. The van der Waals surface area contributed by atoms with E-state index in [-0.39, 0.29) is 12.6 Å². The van der Waals surface area contributed by atoms with Crippen LogP contribution in [0.4, 0.5) is 24.5 Å². The van der Waals surface area contributed by atoms with Crippen molar-refractivity contribution in [3.8, 4) is 17.6 Å². The van der Waals surface area contributed by atoms with E-state index in [1.54, 1.807) is 31.0 Å². The van der Waals surface area contributed by atoms with Gasteiger partial charge in [-0.05, 0) is 61.4 Å². The second-order valence-electron chi connectivity index (χ2n) is 8.96. The molecule has 3 rings (SSSR count). The standard InChI is InChI=1S/C29H36F3N3OS/c1-5-7-11-21(10-6-2)34-25-13-8-14-27-24(25)18-22(35(27)20-29(30,31)32)12-9-17-33-26-16-15-23(37-4)19-28(26)36-3/h8,13-16,18-19,21,33-34H,5-7,10-11,17,20H2,1-4H3. The topological polar surface area (TPSA) is 38.2 Å². The van der Waals surface area contributed by atoms with Gasteiger partial charge in [-0.3, -0.25) is 0 Å². The molecular weight excluding hydrogens is 495 g/mol. The molecule has 0 radical (unpaired) electrons. The lowest BCUT2D eigenvalue weighted by molar-refractivity contribution is -0.140. The van der Waals surface area contributed by atoms with Gasteiger partial charge in [-0.2, -0.15) is 13.2 Å². The Kier molecular flexibility index (Phi) is 10.5. The van der Waals surface area contributed by atoms with E-state index in [0.29, 0.717) is 17.0 Å². The number of aromatic nitrogens is 1. The van der Waals surface area contributed by atoms with Crippen molar-refractivity contribution in [2.24, 2.45) is 0 Å². The number of unbranched alkanes of at least 4 members (excludes halogenated alkanes) is 1. The fraction of sp³-hybridized carbons (Fsp3) is 0.448. The minimum atomic E-state index is -4.36. The highest BCUT2D eigenvalue weighted by Crippen LogP contribution is 2.32. The Bertz CT molecular complexity index is 1230. The van der Waals surface area contributed by atoms with Gasteiger partial charge in [0.25, 0.3) is 0 Å². The summed E-state index contributed by atoms with van der Waals surface area (Å²) in [6, 6.07) is 13.4. The molecule has 0 saturated heterocycles. The normalized spacial score (nSPS) is 12.2. The van der Waals surface area contributed by atoms with Crippen molar-refractivity contribution in [2.45, 2.75) is 69.6 Å². The number of hydrogen-bond acceptors (Lipinski definition) is 4. The number of hydrogen-bond donors (Lipinski definition) is 2. The van der Waals surface area contributed by atoms with Crippen LogP contribution in [-0.4, -0.2) is 36.7 Å². The first-order chi connectivity index (χ1) is 17.8. The number of alkyl halides is 3. The fourth-order valence-electron chi connectivity index (χ4n) is 4.39. The number of thioether (sulfide) groups is 1. The van der Waals surface area contributed by atoms with Gasteiger partial charge in [-0.15, -0.1) is 11.8 Å². The number of methoxy groups -OCH3 is 1. The van der Waals surface area contributed by atoms with Gasteiger partial charge in [0.1, 0.15) is 12.3 Å². The number of fused-ring (bicyclic) bond motifs is 1. The fourth-order valence-corrected chi connectivity index (χ4v) is 4.82. The van der Waals surface area contributed by atoms with Crippen LogP contribution in [0.15, 0.2) is 47.4 Å². The maximum Gasteiger partial charge on any atom is 0.406 e. The van der Waals surface area contributed by atoms with Gasteiger partial charge < -0.3 is 19.9 Å². The monoisotopic (exact) mass is 531 g/mol. The molecule has 0 bridgehead atoms. The van der Waals surface area contributed by atoms with E-state index in [9.17, 15) is 13.2 Å². The maximum absolute atomic E-state index is 13.5. The molecule has 0 aliphatic carbocycles. The molecule has 2 N–H and O–H groups in total. The van der Waals surface area contributed by atoms with E-state index in [1.165, 1.54) is 4.57 Å². The van der Waals surface area contributed by atoms with Crippen molar-refractivity contribution in [3.63, 3.8) is 0 Å². The zero-order chi connectivity index (χ0) is 26.8. The lowest BCUT2D eigenvalue weighted by Crippen LogP contribution is -2.19. The SMILES string of the molecule is CCCCC(CCC)Nc1cccc2c1cc(C#CCNc1ccc(SC)cc1OC)n2CC(F)(F)F. The van der Waals surface area contributed by atoms with Crippen LogP contribution in [0.2, 0.25) is 0 Å². The summed E-state index contributed by atoms with van der Waals surface area (Å²) in [6.45, 7) is 3.49. The molecule has 8 heteroatoms. The smallest absolute Gasteiger partial charge is 0.406 e. The summed E-state index contributed by atoms with van der Waals surface area (Å²) < 4.78 is 47.3. The molecule has 200 valence electrons. The van der Waals surface area contributed by atoms with Crippen molar-refractivity contribution in [1.82, 2.24) is 4.57 Å². The van der Waals surface area contributed by atoms with E-state index in [2.05, 4.69) is 36.3 Å². The summed E-state index contributed by atoms with van der Waals surface area (Å²) in [4.78, 5) is 1.07. The molecule has 3 aromatic rings. The van der Waals surface area contributed by atoms with E-state index in [0.717, 1.165) is 53.8 Å². The number of anilines is 2. The quantitative estimate of drug-likeness (QED) is 0.183. The van der Waals surface area contributed by atoms with Gasteiger partial charge in [0.05, 0.1) is 30.6 Å². The van der Waals surface area contributed by atoms with Crippen LogP contribution < -0.4 is 15.4 Å². The third-order valence-corrected chi connectivity index (χ3v) is 6.90. The highest BCUT2D eigenvalue weighted by atomic mass is 32.2. The third-order valence-electron chi connectivity index (χ3n) is 6.18. The molecular formula is C29H36F3N3OS. The molecule has 2 aromatic carbocycles. The second kappa shape index (κ2) is 13.6. The van der Waals surface area contributed by atoms with Gasteiger partial charge >= 0.3 is 6.18 Å². The number of benzene rings is 2. The molecule has 0 fully saturated rings. The highest BCUT2D eigenvalue weighted by Gasteiger charge is 2.30. The first-order valence-corrected chi connectivity index (χ1v) is 13.9. The highest BCUT2D eigenvalue weighted by molar-refractivity contribution is 7.98. The number of rotatable bonds is 12. The molecule has 1 aromatic heterocycles. The van der Waals surface area contributed by atoms with E-state index in [1.807, 2.05) is 36.6 Å². The number of nitrogens with one attached hydrogen (secondary N) is 2. The molecule has 1 atom stereocenters. The summed E-state index contributed by atoms with van der Waals surface area (Å²) in [6.07, 6.45) is 2.93. The molecule has 0 amide bonds. The number of nitrogens with zero attached hydrogens (tertiary/aromatic N) is 1. The minimum absolute atomic E-state index is 0.267. The molecule has 1 unspecified atom stereocenters. The van der Waals surface area contributed by atoms with E-state index < -0.39 is 12.7 Å². The van der Waals surface area contributed by atoms with Crippen LogP contribution in [0.1, 0.15) is 51.6 Å². The van der Waals surface area contributed by atoms with E-state index >= 15 is 0 Å². The van der Waals surface area contributed by atoms with Crippen molar-refractivity contribution >= 4 is 34.0 Å². The Hall–Kier alpha value is -2.92. The second-order valence-corrected chi connectivity index (χ2v) is 9.84. The maximum atomic E-state index is 13.5. The van der Waals surface area contributed by atoms with Crippen LogP contribution in [0.3, 0.4) is 0 Å². The molecule has 0 aliphatic rings. The van der Waals surface area contributed by atoms with Crippen LogP contribution in [0.5, 0.6) is 5.75 Å².